The molecule has 2 aromatic heterocycles. The monoisotopic (exact) mass is 480 g/mol. The first-order valence-electron chi connectivity index (χ1n) is 13.1. The normalized spacial score (nSPS) is 16.2. The highest BCUT2D eigenvalue weighted by molar-refractivity contribution is 5.80. The van der Waals surface area contributed by atoms with Crippen molar-refractivity contribution in [1.29, 1.82) is 0 Å². The topological polar surface area (TPSA) is 88.9 Å². The Balaban J connectivity index is 1.76. The molecular formula is C27H40N6O2. The Morgan fingerprint density at radius 1 is 1.17 bits per heavy atom. The van der Waals surface area contributed by atoms with Crippen LogP contribution in [0, 0.1) is 0 Å². The van der Waals surface area contributed by atoms with Gasteiger partial charge in [0.2, 0.25) is 0 Å². The van der Waals surface area contributed by atoms with Crippen molar-refractivity contribution in [2.75, 3.05) is 6.61 Å². The maximum atomic E-state index is 13.2. The van der Waals surface area contributed by atoms with E-state index in [1.807, 2.05) is 35.9 Å². The lowest BCUT2D eigenvalue weighted by Gasteiger charge is -2.40. The van der Waals surface area contributed by atoms with E-state index in [1.165, 1.54) is 19.3 Å². The third kappa shape index (κ3) is 5.74. The van der Waals surface area contributed by atoms with Gasteiger partial charge in [-0.3, -0.25) is 9.69 Å². The first-order chi connectivity index (χ1) is 16.8. The minimum atomic E-state index is -0.223. The van der Waals surface area contributed by atoms with Crippen molar-refractivity contribution in [2.24, 2.45) is 0 Å². The molecule has 8 nitrogen and oxygen atoms in total. The van der Waals surface area contributed by atoms with E-state index < -0.39 is 0 Å². The van der Waals surface area contributed by atoms with E-state index in [2.05, 4.69) is 53.1 Å². The van der Waals surface area contributed by atoms with Crippen LogP contribution in [0.5, 0.6) is 5.75 Å². The minimum Gasteiger partial charge on any atom is -0.494 e. The molecule has 190 valence electrons. The molecule has 1 N–H and O–H groups in total. The molecule has 0 bridgehead atoms. The highest BCUT2D eigenvalue weighted by Crippen LogP contribution is 2.35. The quantitative estimate of drug-likeness (QED) is 0.444. The van der Waals surface area contributed by atoms with Crippen molar-refractivity contribution in [2.45, 2.75) is 104 Å². The number of aromatic nitrogens is 5. The number of ether oxygens (including phenoxy) is 1. The Bertz CT molecular complexity index is 1170. The van der Waals surface area contributed by atoms with Crippen LogP contribution >= 0.6 is 0 Å². The van der Waals surface area contributed by atoms with Gasteiger partial charge in [-0.2, -0.15) is 0 Å². The van der Waals surface area contributed by atoms with Crippen molar-refractivity contribution >= 4 is 10.9 Å². The lowest BCUT2D eigenvalue weighted by atomic mass is 9.91. The van der Waals surface area contributed by atoms with Crippen LogP contribution in [-0.4, -0.2) is 42.7 Å². The number of pyridine rings is 1. The fraction of sp³-hybridized carbons (Fsp3) is 0.630. The summed E-state index contributed by atoms with van der Waals surface area (Å²) in [6.07, 6.45) is 7.93. The lowest BCUT2D eigenvalue weighted by Crippen LogP contribution is -2.42. The molecular weight excluding hydrogens is 440 g/mol. The molecule has 1 aliphatic carbocycles. The molecule has 0 amide bonds. The molecule has 1 aliphatic rings. The summed E-state index contributed by atoms with van der Waals surface area (Å²) in [5, 5.41) is 13.9. The first-order valence-corrected chi connectivity index (χ1v) is 13.1. The molecule has 0 aliphatic heterocycles. The van der Waals surface area contributed by atoms with E-state index >= 15 is 0 Å². The van der Waals surface area contributed by atoms with Crippen LogP contribution in [0.25, 0.3) is 10.9 Å². The highest BCUT2D eigenvalue weighted by atomic mass is 16.5. The molecule has 1 aromatic carbocycles. The molecule has 4 rings (SSSR count). The van der Waals surface area contributed by atoms with Crippen LogP contribution in [0.3, 0.4) is 0 Å². The number of H-pyrrole nitrogens is 1. The van der Waals surface area contributed by atoms with E-state index in [-0.39, 0.29) is 17.1 Å². The Kier molecular flexibility index (Phi) is 7.89. The SMILES string of the molecule is CCCC(c1nnnn1C(C)(C)C)N(Cc1cc2cc(OCC)ccc2[nH]c1=O)C1CCCCC1. The molecule has 35 heavy (non-hydrogen) atoms. The number of benzene rings is 1. The number of tetrazole rings is 1. The second kappa shape index (κ2) is 10.9. The maximum Gasteiger partial charge on any atom is 0.252 e. The summed E-state index contributed by atoms with van der Waals surface area (Å²) in [6.45, 7) is 11.7. The first kappa shape index (κ1) is 25.4. The van der Waals surface area contributed by atoms with Gasteiger partial charge in [-0.05, 0) is 81.6 Å². The molecule has 0 saturated heterocycles. The van der Waals surface area contributed by atoms with E-state index in [9.17, 15) is 4.79 Å². The van der Waals surface area contributed by atoms with Gasteiger partial charge in [0.05, 0.1) is 18.2 Å². The average Bonchev–Trinajstić information content (AvgIpc) is 3.33. The molecule has 0 spiro atoms. The summed E-state index contributed by atoms with van der Waals surface area (Å²) in [6, 6.07) is 8.30. The summed E-state index contributed by atoms with van der Waals surface area (Å²) in [5.74, 6) is 1.70. The zero-order valence-corrected chi connectivity index (χ0v) is 21.9. The van der Waals surface area contributed by atoms with Gasteiger partial charge >= 0.3 is 0 Å². The molecule has 3 aromatic rings. The van der Waals surface area contributed by atoms with Gasteiger partial charge in [0, 0.05) is 29.1 Å². The fourth-order valence-corrected chi connectivity index (χ4v) is 5.30. The average molecular weight is 481 g/mol. The van der Waals surface area contributed by atoms with Gasteiger partial charge in [-0.15, -0.1) is 5.10 Å². The van der Waals surface area contributed by atoms with E-state index in [0.29, 0.717) is 19.2 Å². The summed E-state index contributed by atoms with van der Waals surface area (Å²) < 4.78 is 7.66. The molecule has 0 radical (unpaired) electrons. The molecule has 1 atom stereocenters. The zero-order chi connectivity index (χ0) is 25.0. The summed E-state index contributed by atoms with van der Waals surface area (Å²) in [4.78, 5) is 18.8. The highest BCUT2D eigenvalue weighted by Gasteiger charge is 2.34. The number of hydrogen-bond donors (Lipinski definition) is 1. The van der Waals surface area contributed by atoms with Crippen LogP contribution in [0.1, 0.15) is 97.0 Å². The fourth-order valence-electron chi connectivity index (χ4n) is 5.30. The van der Waals surface area contributed by atoms with E-state index in [1.54, 1.807) is 0 Å². The Labute approximate surface area is 208 Å². The second-order valence-corrected chi connectivity index (χ2v) is 10.7. The van der Waals surface area contributed by atoms with Crippen molar-refractivity contribution in [3.63, 3.8) is 0 Å². The van der Waals surface area contributed by atoms with E-state index in [0.717, 1.165) is 53.7 Å². The second-order valence-electron chi connectivity index (χ2n) is 10.7. The maximum absolute atomic E-state index is 13.2. The van der Waals surface area contributed by atoms with Gasteiger partial charge in [0.15, 0.2) is 5.82 Å². The van der Waals surface area contributed by atoms with Gasteiger partial charge in [0.25, 0.3) is 5.56 Å². The number of rotatable bonds is 9. The number of nitrogens with zero attached hydrogens (tertiary/aromatic N) is 5. The Morgan fingerprint density at radius 2 is 1.94 bits per heavy atom. The minimum absolute atomic E-state index is 0.0341. The van der Waals surface area contributed by atoms with Crippen LogP contribution in [0.4, 0.5) is 0 Å². The molecule has 8 heteroatoms. The van der Waals surface area contributed by atoms with Crippen LogP contribution in [0.15, 0.2) is 29.1 Å². The standard InChI is InChI=1S/C27H40N6O2/c1-6-11-24(25-29-30-31-33(25)27(3,4)5)32(21-12-9-8-10-13-21)18-20-16-19-17-22(35-7-2)14-15-23(19)28-26(20)34/h14-17,21,24H,6-13,18H2,1-5H3,(H,28,34). The van der Waals surface area contributed by atoms with Gasteiger partial charge in [-0.1, -0.05) is 32.6 Å². The Hall–Kier alpha value is -2.74. The molecule has 2 heterocycles. The third-order valence-corrected chi connectivity index (χ3v) is 6.99. The number of aromatic amines is 1. The number of fused-ring (bicyclic) bond motifs is 1. The van der Waals surface area contributed by atoms with Crippen LogP contribution in [-0.2, 0) is 12.1 Å². The van der Waals surface area contributed by atoms with Crippen molar-refractivity contribution in [3.8, 4) is 5.75 Å². The van der Waals surface area contributed by atoms with Crippen molar-refractivity contribution in [1.82, 2.24) is 30.1 Å². The lowest BCUT2D eigenvalue weighted by molar-refractivity contribution is 0.0779. The zero-order valence-electron chi connectivity index (χ0n) is 21.9. The molecule has 1 fully saturated rings. The smallest absolute Gasteiger partial charge is 0.252 e. The third-order valence-electron chi connectivity index (χ3n) is 6.99. The predicted octanol–water partition coefficient (Wildman–Crippen LogP) is 5.34. The number of hydrogen-bond acceptors (Lipinski definition) is 6. The summed E-state index contributed by atoms with van der Waals surface area (Å²) >= 11 is 0. The predicted molar refractivity (Wildman–Crippen MR) is 139 cm³/mol. The summed E-state index contributed by atoms with van der Waals surface area (Å²) in [7, 11) is 0. The largest absolute Gasteiger partial charge is 0.494 e. The van der Waals surface area contributed by atoms with Crippen molar-refractivity contribution in [3.05, 3.63) is 46.0 Å². The molecule has 1 saturated carbocycles. The van der Waals surface area contributed by atoms with Crippen LogP contribution < -0.4 is 10.3 Å². The van der Waals surface area contributed by atoms with E-state index in [4.69, 9.17) is 4.74 Å². The van der Waals surface area contributed by atoms with Gasteiger partial charge < -0.3 is 9.72 Å². The summed E-state index contributed by atoms with van der Waals surface area (Å²) in [5.41, 5.74) is 1.34. The van der Waals surface area contributed by atoms with Crippen molar-refractivity contribution < 1.29 is 4.74 Å². The number of nitrogens with one attached hydrogen (secondary N) is 1. The van der Waals surface area contributed by atoms with Gasteiger partial charge in [0.1, 0.15) is 5.75 Å². The van der Waals surface area contributed by atoms with Crippen LogP contribution in [0.2, 0.25) is 0 Å². The Morgan fingerprint density at radius 3 is 2.63 bits per heavy atom. The molecule has 1 unspecified atom stereocenters. The van der Waals surface area contributed by atoms with Gasteiger partial charge in [-0.25, -0.2) is 4.68 Å².